The van der Waals surface area contributed by atoms with E-state index in [1.165, 1.54) is 4.90 Å². The molecule has 1 aromatic rings. The molecular formula is C17H22ClN3O3. The lowest BCUT2D eigenvalue weighted by Crippen LogP contribution is -2.52. The number of piperidine rings is 1. The Kier molecular flexibility index (Phi) is 6.20. The number of nitrogens with one attached hydrogen (secondary N) is 2. The minimum atomic E-state index is -0.687. The molecule has 0 aliphatic carbocycles. The maximum atomic E-state index is 12.3. The molecule has 1 unspecified atom stereocenters. The van der Waals surface area contributed by atoms with Gasteiger partial charge in [0.05, 0.1) is 0 Å². The van der Waals surface area contributed by atoms with E-state index in [1.54, 1.807) is 24.3 Å². The van der Waals surface area contributed by atoms with Gasteiger partial charge in [-0.3, -0.25) is 14.4 Å². The lowest BCUT2D eigenvalue weighted by atomic mass is 10.0. The van der Waals surface area contributed by atoms with Crippen LogP contribution in [0.4, 0.5) is 5.69 Å². The van der Waals surface area contributed by atoms with Crippen LogP contribution in [0.2, 0.25) is 5.02 Å². The van der Waals surface area contributed by atoms with Gasteiger partial charge in [0.25, 0.3) is 0 Å². The fourth-order valence-electron chi connectivity index (χ4n) is 2.51. The van der Waals surface area contributed by atoms with Crippen molar-refractivity contribution in [2.24, 2.45) is 5.92 Å². The summed E-state index contributed by atoms with van der Waals surface area (Å²) in [7, 11) is 0. The van der Waals surface area contributed by atoms with Gasteiger partial charge in [0.1, 0.15) is 0 Å². The topological polar surface area (TPSA) is 78.5 Å². The number of anilines is 1. The number of hydrogen-bond acceptors (Lipinski definition) is 3. The Balaban J connectivity index is 1.92. The standard InChI is InChI=1S/C17H22ClN3O3/c1-11(2)15(22)20-14-4-3-9-21(10-14)17(24)16(23)19-13-7-5-12(18)6-8-13/h5-8,11,14H,3-4,9-10H2,1-2H3,(H,19,23)(H,20,22). The Labute approximate surface area is 146 Å². The van der Waals surface area contributed by atoms with E-state index in [0.717, 1.165) is 12.8 Å². The Bertz CT molecular complexity index is 616. The highest BCUT2D eigenvalue weighted by Crippen LogP contribution is 2.15. The summed E-state index contributed by atoms with van der Waals surface area (Å²) in [4.78, 5) is 37.7. The van der Waals surface area contributed by atoms with Gasteiger partial charge in [0.2, 0.25) is 5.91 Å². The van der Waals surface area contributed by atoms with Crippen molar-refractivity contribution in [2.45, 2.75) is 32.7 Å². The van der Waals surface area contributed by atoms with E-state index >= 15 is 0 Å². The number of hydrogen-bond donors (Lipinski definition) is 2. The number of halogens is 1. The van der Waals surface area contributed by atoms with Crippen LogP contribution in [0.3, 0.4) is 0 Å². The van der Waals surface area contributed by atoms with Gasteiger partial charge in [-0.05, 0) is 37.1 Å². The van der Waals surface area contributed by atoms with E-state index in [0.29, 0.717) is 23.8 Å². The average molecular weight is 352 g/mol. The molecule has 1 aliphatic rings. The van der Waals surface area contributed by atoms with E-state index in [4.69, 9.17) is 11.6 Å². The Morgan fingerprint density at radius 2 is 1.88 bits per heavy atom. The molecule has 1 fully saturated rings. The van der Waals surface area contributed by atoms with Crippen LogP contribution >= 0.6 is 11.6 Å². The molecule has 7 heteroatoms. The third-order valence-electron chi connectivity index (χ3n) is 3.88. The molecule has 2 rings (SSSR count). The first kappa shape index (κ1) is 18.3. The normalized spacial score (nSPS) is 17.5. The molecule has 1 saturated heterocycles. The fourth-order valence-corrected chi connectivity index (χ4v) is 2.63. The summed E-state index contributed by atoms with van der Waals surface area (Å²) in [5.74, 6) is -1.43. The van der Waals surface area contributed by atoms with Crippen LogP contribution < -0.4 is 10.6 Å². The van der Waals surface area contributed by atoms with Crippen molar-refractivity contribution in [1.29, 1.82) is 0 Å². The predicted molar refractivity (Wildman–Crippen MR) is 92.7 cm³/mol. The number of likely N-dealkylation sites (tertiary alicyclic amines) is 1. The summed E-state index contributed by atoms with van der Waals surface area (Å²) in [6.45, 7) is 4.51. The quantitative estimate of drug-likeness (QED) is 0.818. The van der Waals surface area contributed by atoms with Crippen LogP contribution in [-0.2, 0) is 14.4 Å². The van der Waals surface area contributed by atoms with Gasteiger partial charge >= 0.3 is 11.8 Å². The molecular weight excluding hydrogens is 330 g/mol. The van der Waals surface area contributed by atoms with Crippen LogP contribution in [0, 0.1) is 5.92 Å². The minimum absolute atomic E-state index is 0.0417. The second kappa shape index (κ2) is 8.15. The molecule has 130 valence electrons. The number of benzene rings is 1. The summed E-state index contributed by atoms with van der Waals surface area (Å²) < 4.78 is 0. The summed E-state index contributed by atoms with van der Waals surface area (Å²) in [5, 5.41) is 6.04. The van der Waals surface area contributed by atoms with E-state index in [9.17, 15) is 14.4 Å². The molecule has 1 atom stereocenters. The van der Waals surface area contributed by atoms with Crippen LogP contribution in [0.25, 0.3) is 0 Å². The highest BCUT2D eigenvalue weighted by Gasteiger charge is 2.28. The summed E-state index contributed by atoms with van der Waals surface area (Å²) in [6.07, 6.45) is 1.56. The number of carbonyl (C=O) groups excluding carboxylic acids is 3. The zero-order valence-electron chi connectivity index (χ0n) is 13.8. The number of nitrogens with zero attached hydrogens (tertiary/aromatic N) is 1. The van der Waals surface area contributed by atoms with Crippen LogP contribution in [0.5, 0.6) is 0 Å². The molecule has 3 amide bonds. The van der Waals surface area contributed by atoms with Crippen molar-refractivity contribution in [2.75, 3.05) is 18.4 Å². The maximum Gasteiger partial charge on any atom is 0.313 e. The fraction of sp³-hybridized carbons (Fsp3) is 0.471. The van der Waals surface area contributed by atoms with Crippen molar-refractivity contribution in [3.05, 3.63) is 29.3 Å². The van der Waals surface area contributed by atoms with Crippen molar-refractivity contribution in [3.8, 4) is 0 Å². The van der Waals surface area contributed by atoms with Gasteiger partial charge in [-0.15, -0.1) is 0 Å². The first-order chi connectivity index (χ1) is 11.4. The van der Waals surface area contributed by atoms with Gasteiger partial charge in [0, 0.05) is 35.8 Å². The van der Waals surface area contributed by atoms with Crippen LogP contribution in [-0.4, -0.2) is 41.8 Å². The second-order valence-corrected chi connectivity index (χ2v) is 6.65. The molecule has 1 heterocycles. The highest BCUT2D eigenvalue weighted by molar-refractivity contribution is 6.39. The second-order valence-electron chi connectivity index (χ2n) is 6.21. The molecule has 0 aromatic heterocycles. The van der Waals surface area contributed by atoms with E-state index in [2.05, 4.69) is 10.6 Å². The Hall–Kier alpha value is -2.08. The zero-order chi connectivity index (χ0) is 17.7. The first-order valence-corrected chi connectivity index (χ1v) is 8.41. The van der Waals surface area contributed by atoms with Crippen molar-refractivity contribution >= 4 is 35.0 Å². The zero-order valence-corrected chi connectivity index (χ0v) is 14.6. The number of amides is 3. The summed E-state index contributed by atoms with van der Waals surface area (Å²) in [5.41, 5.74) is 0.513. The molecule has 0 saturated carbocycles. The SMILES string of the molecule is CC(C)C(=O)NC1CCCN(C(=O)C(=O)Nc2ccc(Cl)cc2)C1. The summed E-state index contributed by atoms with van der Waals surface area (Å²) >= 11 is 5.79. The molecule has 0 bridgehead atoms. The maximum absolute atomic E-state index is 12.3. The average Bonchev–Trinajstić information content (AvgIpc) is 2.56. The lowest BCUT2D eigenvalue weighted by molar-refractivity contribution is -0.144. The monoisotopic (exact) mass is 351 g/mol. The third kappa shape index (κ3) is 4.96. The summed E-state index contributed by atoms with van der Waals surface area (Å²) in [6, 6.07) is 6.44. The van der Waals surface area contributed by atoms with Gasteiger partial charge in [0.15, 0.2) is 0 Å². The molecule has 24 heavy (non-hydrogen) atoms. The molecule has 1 aliphatic heterocycles. The van der Waals surface area contributed by atoms with E-state index in [1.807, 2.05) is 13.8 Å². The largest absolute Gasteiger partial charge is 0.351 e. The van der Waals surface area contributed by atoms with Crippen molar-refractivity contribution < 1.29 is 14.4 Å². The number of rotatable bonds is 3. The van der Waals surface area contributed by atoms with Crippen LogP contribution in [0.15, 0.2) is 24.3 Å². The smallest absolute Gasteiger partial charge is 0.313 e. The van der Waals surface area contributed by atoms with E-state index in [-0.39, 0.29) is 17.9 Å². The highest BCUT2D eigenvalue weighted by atomic mass is 35.5. The van der Waals surface area contributed by atoms with Gasteiger partial charge in [-0.2, -0.15) is 0 Å². The first-order valence-electron chi connectivity index (χ1n) is 8.03. The molecule has 6 nitrogen and oxygen atoms in total. The lowest BCUT2D eigenvalue weighted by Gasteiger charge is -2.33. The molecule has 0 radical (unpaired) electrons. The van der Waals surface area contributed by atoms with Crippen LogP contribution in [0.1, 0.15) is 26.7 Å². The third-order valence-corrected chi connectivity index (χ3v) is 4.13. The Morgan fingerprint density at radius 3 is 2.50 bits per heavy atom. The minimum Gasteiger partial charge on any atom is -0.351 e. The Morgan fingerprint density at radius 1 is 1.21 bits per heavy atom. The predicted octanol–water partition coefficient (Wildman–Crippen LogP) is 2.04. The molecule has 1 aromatic carbocycles. The van der Waals surface area contributed by atoms with Crippen molar-refractivity contribution in [3.63, 3.8) is 0 Å². The van der Waals surface area contributed by atoms with Gasteiger partial charge < -0.3 is 15.5 Å². The van der Waals surface area contributed by atoms with Crippen molar-refractivity contribution in [1.82, 2.24) is 10.2 Å². The molecule has 2 N–H and O–H groups in total. The van der Waals surface area contributed by atoms with Gasteiger partial charge in [-0.25, -0.2) is 0 Å². The number of carbonyl (C=O) groups is 3. The van der Waals surface area contributed by atoms with E-state index < -0.39 is 11.8 Å². The van der Waals surface area contributed by atoms with Gasteiger partial charge in [-0.1, -0.05) is 25.4 Å². The molecule has 0 spiro atoms.